The Kier molecular flexibility index (Phi) is 7.10. The molecule has 0 aliphatic rings. The molecule has 160 valence electrons. The molecule has 0 saturated carbocycles. The number of rotatable bonds is 5. The van der Waals surface area contributed by atoms with E-state index in [1.54, 1.807) is 32.3 Å². The molecule has 31 heavy (non-hydrogen) atoms. The molecule has 1 amide bonds. The number of halogens is 1. The standard InChI is InChI=1S/C22H23FN6O2/c1-4-31-22(30)29-21(25-3)28-18-9-7-14(15-8-10-19(24-2)27-13-15)12-16(18)20-17(23)6-5-11-26-20/h5-13H,4H2,1-3H3,(H,24,27)(H2,25,28,29,30). The van der Waals surface area contributed by atoms with Crippen molar-refractivity contribution in [2.45, 2.75) is 6.92 Å². The number of ether oxygens (including phenoxy) is 1. The molecule has 3 N–H and O–H groups in total. The molecule has 1 aromatic carbocycles. The molecule has 9 heteroatoms. The molecule has 0 bridgehead atoms. The van der Waals surface area contributed by atoms with E-state index in [9.17, 15) is 9.18 Å². The maximum absolute atomic E-state index is 14.6. The molecule has 0 aliphatic heterocycles. The quantitative estimate of drug-likeness (QED) is 0.422. The van der Waals surface area contributed by atoms with Crippen molar-refractivity contribution in [1.82, 2.24) is 15.3 Å². The summed E-state index contributed by atoms with van der Waals surface area (Å²) >= 11 is 0. The van der Waals surface area contributed by atoms with E-state index in [1.165, 1.54) is 25.4 Å². The van der Waals surface area contributed by atoms with Gasteiger partial charge in [-0.25, -0.2) is 14.2 Å². The number of nitrogens with zero attached hydrogens (tertiary/aromatic N) is 3. The van der Waals surface area contributed by atoms with Crippen LogP contribution in [-0.4, -0.2) is 42.7 Å². The van der Waals surface area contributed by atoms with Crippen molar-refractivity contribution >= 4 is 23.6 Å². The van der Waals surface area contributed by atoms with Gasteiger partial charge in [0.1, 0.15) is 17.3 Å². The van der Waals surface area contributed by atoms with Crippen LogP contribution in [0.3, 0.4) is 0 Å². The van der Waals surface area contributed by atoms with E-state index in [0.717, 1.165) is 16.9 Å². The minimum absolute atomic E-state index is 0.156. The third kappa shape index (κ3) is 5.33. The molecule has 3 rings (SSSR count). The second-order valence-corrected chi connectivity index (χ2v) is 6.32. The van der Waals surface area contributed by atoms with E-state index in [-0.39, 0.29) is 18.3 Å². The lowest BCUT2D eigenvalue weighted by Gasteiger charge is -2.16. The van der Waals surface area contributed by atoms with Gasteiger partial charge in [0.15, 0.2) is 0 Å². The zero-order valence-corrected chi connectivity index (χ0v) is 17.4. The monoisotopic (exact) mass is 422 g/mol. The Morgan fingerprint density at radius 3 is 2.61 bits per heavy atom. The van der Waals surface area contributed by atoms with Gasteiger partial charge in [-0.05, 0) is 48.9 Å². The molecule has 2 heterocycles. The predicted octanol–water partition coefficient (Wildman–Crippen LogP) is 4.14. The molecule has 0 spiro atoms. The van der Waals surface area contributed by atoms with E-state index in [1.807, 2.05) is 18.2 Å². The molecule has 8 nitrogen and oxygen atoms in total. The highest BCUT2D eigenvalue weighted by atomic mass is 19.1. The van der Waals surface area contributed by atoms with Crippen molar-refractivity contribution in [2.24, 2.45) is 4.99 Å². The average molecular weight is 422 g/mol. The molecule has 0 fully saturated rings. The summed E-state index contributed by atoms with van der Waals surface area (Å²) in [4.78, 5) is 24.3. The van der Waals surface area contributed by atoms with Gasteiger partial charge in [0.2, 0.25) is 5.96 Å². The van der Waals surface area contributed by atoms with E-state index >= 15 is 0 Å². The molecular weight excluding hydrogens is 399 g/mol. The van der Waals surface area contributed by atoms with Crippen LogP contribution in [0.1, 0.15) is 6.92 Å². The molecule has 0 saturated heterocycles. The summed E-state index contributed by atoms with van der Waals surface area (Å²) in [5.41, 5.74) is 2.86. The van der Waals surface area contributed by atoms with Crippen LogP contribution in [0.15, 0.2) is 59.9 Å². The number of carbonyl (C=O) groups excluding carboxylic acids is 1. The first-order valence-corrected chi connectivity index (χ1v) is 9.62. The SMILES string of the molecule is CCOC(=O)NC(=NC)Nc1ccc(-c2ccc(NC)nc2)cc1-c1ncccc1F. The average Bonchev–Trinajstić information content (AvgIpc) is 2.79. The van der Waals surface area contributed by atoms with Crippen LogP contribution in [0, 0.1) is 5.82 Å². The van der Waals surface area contributed by atoms with Gasteiger partial charge < -0.3 is 15.4 Å². The largest absolute Gasteiger partial charge is 0.450 e. The van der Waals surface area contributed by atoms with Crippen molar-refractivity contribution in [1.29, 1.82) is 0 Å². The number of alkyl carbamates (subject to hydrolysis) is 1. The topological polar surface area (TPSA) is 101 Å². The third-order valence-electron chi connectivity index (χ3n) is 4.36. The highest BCUT2D eigenvalue weighted by Crippen LogP contribution is 2.33. The van der Waals surface area contributed by atoms with Crippen LogP contribution < -0.4 is 16.0 Å². The normalized spacial score (nSPS) is 11.0. The van der Waals surface area contributed by atoms with Crippen molar-refractivity contribution in [3.05, 3.63) is 60.7 Å². The van der Waals surface area contributed by atoms with Crippen LogP contribution in [-0.2, 0) is 4.74 Å². The number of guanidine groups is 1. The number of pyridine rings is 2. The lowest BCUT2D eigenvalue weighted by Crippen LogP contribution is -2.36. The minimum atomic E-state index is -0.645. The number of amides is 1. The maximum Gasteiger partial charge on any atom is 0.413 e. The predicted molar refractivity (Wildman–Crippen MR) is 120 cm³/mol. The highest BCUT2D eigenvalue weighted by molar-refractivity contribution is 6.04. The molecule has 3 aromatic rings. The second-order valence-electron chi connectivity index (χ2n) is 6.32. The first-order valence-electron chi connectivity index (χ1n) is 9.62. The summed E-state index contributed by atoms with van der Waals surface area (Å²) in [5.74, 6) is 0.426. The van der Waals surface area contributed by atoms with E-state index < -0.39 is 11.9 Å². The van der Waals surface area contributed by atoms with Crippen LogP contribution in [0.4, 0.5) is 20.7 Å². The molecule has 0 atom stereocenters. The van der Waals surface area contributed by atoms with E-state index in [0.29, 0.717) is 11.3 Å². The molecule has 2 aromatic heterocycles. The second kappa shape index (κ2) is 10.1. The fourth-order valence-electron chi connectivity index (χ4n) is 2.86. The number of aliphatic imine (C=N–C) groups is 1. The number of nitrogens with one attached hydrogen (secondary N) is 3. The Hall–Kier alpha value is -4.01. The van der Waals surface area contributed by atoms with Gasteiger partial charge in [-0.15, -0.1) is 0 Å². The molecule has 0 radical (unpaired) electrons. The zero-order valence-electron chi connectivity index (χ0n) is 17.4. The summed E-state index contributed by atoms with van der Waals surface area (Å²) in [6, 6.07) is 12.1. The van der Waals surface area contributed by atoms with E-state index in [4.69, 9.17) is 4.74 Å². The Bertz CT molecular complexity index is 1090. The highest BCUT2D eigenvalue weighted by Gasteiger charge is 2.15. The van der Waals surface area contributed by atoms with Gasteiger partial charge in [-0.3, -0.25) is 15.3 Å². The summed E-state index contributed by atoms with van der Waals surface area (Å²) in [6.07, 6.45) is 2.60. The fourth-order valence-corrected chi connectivity index (χ4v) is 2.86. The first-order chi connectivity index (χ1) is 15.0. The lowest BCUT2D eigenvalue weighted by atomic mass is 10.0. The van der Waals surface area contributed by atoms with E-state index in [2.05, 4.69) is 30.9 Å². The Morgan fingerprint density at radius 1 is 1.16 bits per heavy atom. The smallest absolute Gasteiger partial charge is 0.413 e. The van der Waals surface area contributed by atoms with Crippen LogP contribution in [0.25, 0.3) is 22.4 Å². The minimum Gasteiger partial charge on any atom is -0.450 e. The summed E-state index contributed by atoms with van der Waals surface area (Å²) in [5, 5.41) is 8.50. The van der Waals surface area contributed by atoms with Crippen LogP contribution >= 0.6 is 0 Å². The van der Waals surface area contributed by atoms with Gasteiger partial charge in [-0.2, -0.15) is 0 Å². The summed E-state index contributed by atoms with van der Waals surface area (Å²) < 4.78 is 19.5. The number of hydrogen-bond acceptors (Lipinski definition) is 6. The zero-order chi connectivity index (χ0) is 22.2. The Morgan fingerprint density at radius 2 is 1.97 bits per heavy atom. The number of aromatic nitrogens is 2. The number of carbonyl (C=O) groups is 1. The number of benzene rings is 1. The molecular formula is C22H23FN6O2. The van der Waals surface area contributed by atoms with Crippen molar-refractivity contribution < 1.29 is 13.9 Å². The van der Waals surface area contributed by atoms with Gasteiger partial charge in [-0.1, -0.05) is 6.07 Å². The summed E-state index contributed by atoms with van der Waals surface area (Å²) in [7, 11) is 3.31. The number of hydrogen-bond donors (Lipinski definition) is 3. The van der Waals surface area contributed by atoms with Crippen molar-refractivity contribution in [2.75, 3.05) is 31.3 Å². The fraction of sp³-hybridized carbons (Fsp3) is 0.182. The van der Waals surface area contributed by atoms with Gasteiger partial charge in [0.25, 0.3) is 0 Å². The van der Waals surface area contributed by atoms with Crippen molar-refractivity contribution in [3.63, 3.8) is 0 Å². The van der Waals surface area contributed by atoms with Crippen LogP contribution in [0.2, 0.25) is 0 Å². The van der Waals surface area contributed by atoms with Crippen LogP contribution in [0.5, 0.6) is 0 Å². The molecule has 0 aliphatic carbocycles. The van der Waals surface area contributed by atoms with Gasteiger partial charge in [0, 0.05) is 37.6 Å². The lowest BCUT2D eigenvalue weighted by molar-refractivity contribution is 0.158. The Labute approximate surface area is 179 Å². The Balaban J connectivity index is 2.02. The van der Waals surface area contributed by atoms with Gasteiger partial charge >= 0.3 is 6.09 Å². The first kappa shape index (κ1) is 21.7. The number of anilines is 2. The maximum atomic E-state index is 14.6. The van der Waals surface area contributed by atoms with Gasteiger partial charge in [0.05, 0.1) is 12.3 Å². The molecule has 0 unspecified atom stereocenters. The third-order valence-corrected chi connectivity index (χ3v) is 4.36. The van der Waals surface area contributed by atoms with Crippen molar-refractivity contribution in [3.8, 4) is 22.4 Å². The summed E-state index contributed by atoms with van der Waals surface area (Å²) in [6.45, 7) is 1.93.